The van der Waals surface area contributed by atoms with Gasteiger partial charge in [0.1, 0.15) is 6.61 Å². The summed E-state index contributed by atoms with van der Waals surface area (Å²) in [6, 6.07) is 8.50. The van der Waals surface area contributed by atoms with Crippen molar-refractivity contribution >= 4 is 52.0 Å². The SMILES string of the molecule is COC[C@H]1C(=O)N(c2ccc(N3CCOCC3=O)c(C)c2)C[C@@H]1NC(=O)c1ccc(Cl)s1. The number of morpholine rings is 1. The maximum absolute atomic E-state index is 13.2. The number of thiophene rings is 1. The Hall–Kier alpha value is -2.46. The van der Waals surface area contributed by atoms with Crippen LogP contribution in [0.3, 0.4) is 0 Å². The molecule has 2 saturated heterocycles. The molecule has 4 rings (SSSR count). The molecular formula is C22H24ClN3O5S. The van der Waals surface area contributed by atoms with Crippen LogP contribution in [0.25, 0.3) is 0 Å². The third-order valence-corrected chi connectivity index (χ3v) is 6.91. The monoisotopic (exact) mass is 477 g/mol. The fourth-order valence-electron chi connectivity index (χ4n) is 4.09. The number of carbonyl (C=O) groups excluding carboxylic acids is 3. The van der Waals surface area contributed by atoms with Crippen molar-refractivity contribution in [2.24, 2.45) is 5.92 Å². The molecule has 2 aliphatic rings. The number of anilines is 2. The molecule has 32 heavy (non-hydrogen) atoms. The first-order chi connectivity index (χ1) is 15.4. The average Bonchev–Trinajstić information content (AvgIpc) is 3.33. The molecule has 0 unspecified atom stereocenters. The Bertz CT molecular complexity index is 1040. The second-order valence-electron chi connectivity index (χ2n) is 7.76. The van der Waals surface area contributed by atoms with Gasteiger partial charge in [-0.15, -0.1) is 11.3 Å². The average molecular weight is 478 g/mol. The second kappa shape index (κ2) is 9.58. The first-order valence-corrected chi connectivity index (χ1v) is 11.4. The second-order valence-corrected chi connectivity index (χ2v) is 9.48. The van der Waals surface area contributed by atoms with Crippen molar-refractivity contribution in [3.05, 3.63) is 45.1 Å². The highest BCUT2D eigenvalue weighted by molar-refractivity contribution is 7.18. The number of carbonyl (C=O) groups is 3. The Morgan fingerprint density at radius 1 is 1.28 bits per heavy atom. The van der Waals surface area contributed by atoms with Gasteiger partial charge in [-0.3, -0.25) is 14.4 Å². The summed E-state index contributed by atoms with van der Waals surface area (Å²) in [6.45, 7) is 3.50. The summed E-state index contributed by atoms with van der Waals surface area (Å²) in [5, 5.41) is 2.96. The minimum absolute atomic E-state index is 0.0708. The molecule has 0 bridgehead atoms. The van der Waals surface area contributed by atoms with Crippen molar-refractivity contribution in [2.75, 3.05) is 49.8 Å². The van der Waals surface area contributed by atoms with E-state index in [1.165, 1.54) is 18.4 Å². The van der Waals surface area contributed by atoms with E-state index >= 15 is 0 Å². The van der Waals surface area contributed by atoms with Crippen LogP contribution >= 0.6 is 22.9 Å². The number of hydrogen-bond acceptors (Lipinski definition) is 6. The molecule has 8 nitrogen and oxygen atoms in total. The van der Waals surface area contributed by atoms with Crippen LogP contribution < -0.4 is 15.1 Å². The van der Waals surface area contributed by atoms with E-state index in [1.54, 1.807) is 21.9 Å². The Balaban J connectivity index is 1.54. The van der Waals surface area contributed by atoms with Crippen molar-refractivity contribution in [3.63, 3.8) is 0 Å². The van der Waals surface area contributed by atoms with Gasteiger partial charge < -0.3 is 24.6 Å². The first-order valence-electron chi connectivity index (χ1n) is 10.2. The molecule has 0 spiro atoms. The predicted octanol–water partition coefficient (Wildman–Crippen LogP) is 2.48. The molecule has 2 aliphatic heterocycles. The Morgan fingerprint density at radius 2 is 2.09 bits per heavy atom. The minimum atomic E-state index is -0.500. The van der Waals surface area contributed by atoms with E-state index in [9.17, 15) is 14.4 Å². The highest BCUT2D eigenvalue weighted by Crippen LogP contribution is 2.31. The fourth-order valence-corrected chi connectivity index (χ4v) is 5.04. The van der Waals surface area contributed by atoms with E-state index in [2.05, 4.69) is 5.32 Å². The lowest BCUT2D eigenvalue weighted by molar-refractivity contribution is -0.125. The number of aryl methyl sites for hydroxylation is 1. The van der Waals surface area contributed by atoms with E-state index in [4.69, 9.17) is 21.1 Å². The number of methoxy groups -OCH3 is 1. The summed E-state index contributed by atoms with van der Waals surface area (Å²) >= 11 is 7.13. The summed E-state index contributed by atoms with van der Waals surface area (Å²) in [4.78, 5) is 41.9. The third-order valence-electron chi connectivity index (χ3n) is 5.68. The maximum atomic E-state index is 13.2. The van der Waals surface area contributed by atoms with Gasteiger partial charge in [-0.05, 0) is 42.8 Å². The van der Waals surface area contributed by atoms with Gasteiger partial charge in [-0.1, -0.05) is 11.6 Å². The van der Waals surface area contributed by atoms with Crippen molar-refractivity contribution in [2.45, 2.75) is 13.0 Å². The van der Waals surface area contributed by atoms with Gasteiger partial charge >= 0.3 is 0 Å². The van der Waals surface area contributed by atoms with Gasteiger partial charge in [0, 0.05) is 31.6 Å². The number of amides is 3. The molecule has 3 amide bonds. The largest absolute Gasteiger partial charge is 0.384 e. The lowest BCUT2D eigenvalue weighted by atomic mass is 10.0. The highest BCUT2D eigenvalue weighted by atomic mass is 35.5. The summed E-state index contributed by atoms with van der Waals surface area (Å²) in [6.07, 6.45) is 0. The molecule has 0 aliphatic carbocycles. The number of nitrogens with one attached hydrogen (secondary N) is 1. The molecule has 2 aromatic rings. The van der Waals surface area contributed by atoms with Crippen molar-refractivity contribution in [1.29, 1.82) is 0 Å². The number of halogens is 1. The van der Waals surface area contributed by atoms with Gasteiger partial charge in [-0.25, -0.2) is 0 Å². The molecular weight excluding hydrogens is 454 g/mol. The van der Waals surface area contributed by atoms with Crippen LogP contribution in [0.1, 0.15) is 15.2 Å². The van der Waals surface area contributed by atoms with E-state index in [0.29, 0.717) is 34.6 Å². The van der Waals surface area contributed by atoms with E-state index in [1.807, 2.05) is 25.1 Å². The normalized spacial score (nSPS) is 21.3. The molecule has 2 fully saturated rings. The van der Waals surface area contributed by atoms with Gasteiger partial charge in [-0.2, -0.15) is 0 Å². The van der Waals surface area contributed by atoms with Crippen LogP contribution in [-0.4, -0.2) is 63.8 Å². The Morgan fingerprint density at radius 3 is 2.75 bits per heavy atom. The van der Waals surface area contributed by atoms with Gasteiger partial charge in [0.2, 0.25) is 5.91 Å². The summed E-state index contributed by atoms with van der Waals surface area (Å²) in [5.74, 6) is -0.961. The molecule has 170 valence electrons. The zero-order chi connectivity index (χ0) is 22.8. The minimum Gasteiger partial charge on any atom is -0.384 e. The van der Waals surface area contributed by atoms with Crippen LogP contribution in [0.5, 0.6) is 0 Å². The van der Waals surface area contributed by atoms with Gasteiger partial charge in [0.25, 0.3) is 11.8 Å². The lowest BCUT2D eigenvalue weighted by Crippen LogP contribution is -2.42. The van der Waals surface area contributed by atoms with Crippen LogP contribution in [0.2, 0.25) is 4.34 Å². The first kappa shape index (κ1) is 22.7. The Kier molecular flexibility index (Phi) is 6.80. The van der Waals surface area contributed by atoms with Gasteiger partial charge in [0.15, 0.2) is 0 Å². The third kappa shape index (κ3) is 4.52. The predicted molar refractivity (Wildman–Crippen MR) is 123 cm³/mol. The molecule has 2 atom stereocenters. The van der Waals surface area contributed by atoms with Crippen molar-refractivity contribution in [3.8, 4) is 0 Å². The number of rotatable bonds is 6. The van der Waals surface area contributed by atoms with Gasteiger partial charge in [0.05, 0.1) is 34.4 Å². The zero-order valence-electron chi connectivity index (χ0n) is 17.8. The quantitative estimate of drug-likeness (QED) is 0.690. The highest BCUT2D eigenvalue weighted by Gasteiger charge is 2.42. The molecule has 1 aromatic carbocycles. The molecule has 1 aromatic heterocycles. The molecule has 10 heteroatoms. The summed E-state index contributed by atoms with van der Waals surface area (Å²) < 4.78 is 11.0. The molecule has 1 N–H and O–H groups in total. The summed E-state index contributed by atoms with van der Waals surface area (Å²) in [5.41, 5.74) is 2.41. The topological polar surface area (TPSA) is 88.2 Å². The standard InChI is InChI=1S/C22H24ClN3O5S/c1-13-9-14(3-4-17(13)25-7-8-31-12-20(25)27)26-10-16(15(11-30-2)22(26)29)24-21(28)18-5-6-19(23)32-18/h3-6,9,15-16H,7-8,10-12H2,1-2H3,(H,24,28)/t15-,16+/m1/s1. The number of benzene rings is 1. The maximum Gasteiger partial charge on any atom is 0.261 e. The van der Waals surface area contributed by atoms with Crippen LogP contribution in [0.15, 0.2) is 30.3 Å². The Labute approximate surface area is 195 Å². The van der Waals surface area contributed by atoms with E-state index in [0.717, 1.165) is 11.3 Å². The van der Waals surface area contributed by atoms with Crippen molar-refractivity contribution in [1.82, 2.24) is 5.32 Å². The number of nitrogens with zero attached hydrogens (tertiary/aromatic N) is 2. The van der Waals surface area contributed by atoms with Crippen LogP contribution in [0.4, 0.5) is 11.4 Å². The van der Waals surface area contributed by atoms with E-state index < -0.39 is 12.0 Å². The smallest absolute Gasteiger partial charge is 0.261 e. The molecule has 0 radical (unpaired) electrons. The van der Waals surface area contributed by atoms with Crippen LogP contribution in [0, 0.1) is 12.8 Å². The molecule has 3 heterocycles. The number of ether oxygens (including phenoxy) is 2. The molecule has 0 saturated carbocycles. The number of hydrogen-bond donors (Lipinski definition) is 1. The zero-order valence-corrected chi connectivity index (χ0v) is 19.4. The fraction of sp³-hybridized carbons (Fsp3) is 0.409. The summed E-state index contributed by atoms with van der Waals surface area (Å²) in [7, 11) is 1.53. The van der Waals surface area contributed by atoms with Crippen LogP contribution in [-0.2, 0) is 19.1 Å². The van der Waals surface area contributed by atoms with E-state index in [-0.39, 0.29) is 30.9 Å². The lowest BCUT2D eigenvalue weighted by Gasteiger charge is -2.29. The van der Waals surface area contributed by atoms with Crippen molar-refractivity contribution < 1.29 is 23.9 Å².